The van der Waals surface area contributed by atoms with Crippen LogP contribution in [0, 0.1) is 0 Å². The van der Waals surface area contributed by atoms with E-state index in [4.69, 9.17) is 9.36 Å². The average Bonchev–Trinajstić information content (AvgIpc) is 2.18. The maximum atomic E-state index is 11.3. The number of unbranched alkanes of at least 4 members (excludes halogenated alkanes) is 1. The van der Waals surface area contributed by atoms with Crippen molar-refractivity contribution in [1.82, 2.24) is 0 Å². The molecular formula is C11H22NO6P. The molecule has 19 heavy (non-hydrogen) atoms. The average molecular weight is 295 g/mol. The number of hydrogen-bond acceptors (Lipinski definition) is 6. The number of quaternary nitrogens is 1. The third kappa shape index (κ3) is 10.9. The highest BCUT2D eigenvalue weighted by Gasteiger charge is 2.20. The molecule has 1 unspecified atom stereocenters. The van der Waals surface area contributed by atoms with Crippen LogP contribution in [0.4, 0.5) is 0 Å². The number of phosphoric acid groups is 1. The van der Waals surface area contributed by atoms with Gasteiger partial charge in [-0.1, -0.05) is 6.58 Å². The van der Waals surface area contributed by atoms with Crippen molar-refractivity contribution in [3.63, 3.8) is 0 Å². The predicted octanol–water partition coefficient (Wildman–Crippen LogP) is 1.01. The van der Waals surface area contributed by atoms with Gasteiger partial charge in [0.1, 0.15) is 0 Å². The highest BCUT2D eigenvalue weighted by molar-refractivity contribution is 7.45. The molecule has 0 heterocycles. The van der Waals surface area contributed by atoms with Gasteiger partial charge in [-0.2, -0.15) is 4.65 Å². The SMILES string of the molecule is C=C(C)C(=O)OCCCCOP(=O)([O-])O[N+](C)(C)C. The van der Waals surface area contributed by atoms with E-state index in [1.807, 2.05) is 0 Å². The fourth-order valence-electron chi connectivity index (χ4n) is 0.992. The number of hydroxylamine groups is 3. The van der Waals surface area contributed by atoms with Crippen LogP contribution in [-0.4, -0.2) is 45.0 Å². The van der Waals surface area contributed by atoms with Gasteiger partial charge in [-0.25, -0.2) is 4.79 Å². The first-order chi connectivity index (χ1) is 8.53. The lowest BCUT2D eigenvalue weighted by Gasteiger charge is -2.29. The summed E-state index contributed by atoms with van der Waals surface area (Å²) in [4.78, 5) is 22.4. The molecule has 0 aliphatic rings. The molecule has 0 aromatic heterocycles. The van der Waals surface area contributed by atoms with E-state index in [0.717, 1.165) is 0 Å². The molecule has 0 rings (SSSR count). The quantitative estimate of drug-likeness (QED) is 0.158. The zero-order valence-electron chi connectivity index (χ0n) is 11.9. The van der Waals surface area contributed by atoms with Gasteiger partial charge in [0.25, 0.3) is 0 Å². The van der Waals surface area contributed by atoms with Gasteiger partial charge in [-0.3, -0.25) is 4.57 Å². The number of nitrogens with zero attached hydrogens (tertiary/aromatic N) is 1. The van der Waals surface area contributed by atoms with Crippen molar-refractivity contribution >= 4 is 13.8 Å². The maximum Gasteiger partial charge on any atom is 0.333 e. The summed E-state index contributed by atoms with van der Waals surface area (Å²) in [6, 6.07) is 0. The molecular weight excluding hydrogens is 273 g/mol. The Morgan fingerprint density at radius 3 is 2.26 bits per heavy atom. The highest BCUT2D eigenvalue weighted by atomic mass is 31.2. The standard InChI is InChI=1S/C11H22NO6P/c1-10(2)11(13)16-8-6-7-9-17-19(14,15)18-12(3,4)5/h1,6-9H2,2-5H3. The van der Waals surface area contributed by atoms with Crippen LogP contribution in [0.1, 0.15) is 19.8 Å². The lowest BCUT2D eigenvalue weighted by molar-refractivity contribution is -1.04. The minimum Gasteiger partial charge on any atom is -0.752 e. The summed E-state index contributed by atoms with van der Waals surface area (Å²) in [5.74, 6) is -0.455. The highest BCUT2D eigenvalue weighted by Crippen LogP contribution is 2.40. The van der Waals surface area contributed by atoms with E-state index in [1.165, 1.54) is 0 Å². The van der Waals surface area contributed by atoms with Crippen LogP contribution in [0.2, 0.25) is 0 Å². The van der Waals surface area contributed by atoms with E-state index in [-0.39, 0.29) is 17.9 Å². The van der Waals surface area contributed by atoms with Gasteiger partial charge in [0.15, 0.2) is 0 Å². The monoisotopic (exact) mass is 295 g/mol. The smallest absolute Gasteiger partial charge is 0.333 e. The van der Waals surface area contributed by atoms with Crippen molar-refractivity contribution in [2.45, 2.75) is 19.8 Å². The Kier molecular flexibility index (Phi) is 7.47. The minimum atomic E-state index is -4.30. The fraction of sp³-hybridized carbons (Fsp3) is 0.727. The lowest BCUT2D eigenvalue weighted by Crippen LogP contribution is -2.35. The van der Waals surface area contributed by atoms with Crippen molar-refractivity contribution in [3.8, 4) is 0 Å². The van der Waals surface area contributed by atoms with E-state index < -0.39 is 13.8 Å². The predicted molar refractivity (Wildman–Crippen MR) is 67.7 cm³/mol. The Balaban J connectivity index is 3.72. The molecule has 0 aromatic rings. The molecule has 0 bridgehead atoms. The summed E-state index contributed by atoms with van der Waals surface area (Å²) in [6.45, 7) is 5.19. The summed E-state index contributed by atoms with van der Waals surface area (Å²) in [6.07, 6.45) is 0.944. The number of rotatable bonds is 9. The summed E-state index contributed by atoms with van der Waals surface area (Å²) in [5.41, 5.74) is 0.330. The van der Waals surface area contributed by atoms with Crippen LogP contribution in [0.5, 0.6) is 0 Å². The third-order valence-electron chi connectivity index (χ3n) is 1.71. The minimum absolute atomic E-state index is 0.00853. The molecule has 0 saturated heterocycles. The second kappa shape index (κ2) is 7.77. The summed E-state index contributed by atoms with van der Waals surface area (Å²) in [7, 11) is 0.384. The van der Waals surface area contributed by atoms with E-state index in [9.17, 15) is 14.3 Å². The van der Waals surface area contributed by atoms with Gasteiger partial charge in [0.05, 0.1) is 34.4 Å². The Morgan fingerprint density at radius 2 is 1.79 bits per heavy atom. The number of carbonyl (C=O) groups excluding carboxylic acids is 1. The van der Waals surface area contributed by atoms with Crippen molar-refractivity contribution in [2.75, 3.05) is 34.4 Å². The topological polar surface area (TPSA) is 84.9 Å². The van der Waals surface area contributed by atoms with Crippen LogP contribution in [0.25, 0.3) is 0 Å². The molecule has 0 amide bonds. The molecule has 0 spiro atoms. The first-order valence-corrected chi connectivity index (χ1v) is 7.30. The van der Waals surface area contributed by atoms with Gasteiger partial charge in [0.2, 0.25) is 0 Å². The number of hydrogen-bond donors (Lipinski definition) is 0. The molecule has 0 aliphatic heterocycles. The molecule has 0 aromatic carbocycles. The summed E-state index contributed by atoms with van der Waals surface area (Å²) < 4.78 is 25.4. The zero-order valence-corrected chi connectivity index (χ0v) is 12.8. The summed E-state index contributed by atoms with van der Waals surface area (Å²) in [5, 5.41) is 0. The van der Waals surface area contributed by atoms with Crippen LogP contribution in [0.15, 0.2) is 12.2 Å². The van der Waals surface area contributed by atoms with E-state index in [1.54, 1.807) is 28.1 Å². The van der Waals surface area contributed by atoms with Gasteiger partial charge >= 0.3 is 13.8 Å². The molecule has 0 saturated carbocycles. The van der Waals surface area contributed by atoms with Gasteiger partial charge in [-0.15, -0.1) is 4.62 Å². The molecule has 0 radical (unpaired) electrons. The van der Waals surface area contributed by atoms with Gasteiger partial charge in [-0.05, 0) is 19.8 Å². The van der Waals surface area contributed by atoms with Crippen LogP contribution in [-0.2, 0) is 23.2 Å². The van der Waals surface area contributed by atoms with E-state index in [2.05, 4.69) is 11.1 Å². The number of carbonyl (C=O) groups is 1. The van der Waals surface area contributed by atoms with Gasteiger partial charge in [0, 0.05) is 5.57 Å². The molecule has 7 nitrogen and oxygen atoms in total. The summed E-state index contributed by atoms with van der Waals surface area (Å²) >= 11 is 0. The van der Waals surface area contributed by atoms with Crippen molar-refractivity contribution in [2.24, 2.45) is 0 Å². The normalized spacial score (nSPS) is 14.8. The van der Waals surface area contributed by atoms with E-state index >= 15 is 0 Å². The first-order valence-electron chi connectivity index (χ1n) is 5.84. The molecule has 1 atom stereocenters. The molecule has 0 aliphatic carbocycles. The van der Waals surface area contributed by atoms with Crippen LogP contribution >= 0.6 is 7.82 Å². The largest absolute Gasteiger partial charge is 0.752 e. The second-order valence-corrected chi connectivity index (χ2v) is 6.19. The Hall–Kier alpha value is -0.720. The van der Waals surface area contributed by atoms with Crippen LogP contribution < -0.4 is 4.89 Å². The first kappa shape index (κ1) is 18.3. The molecule has 8 heteroatoms. The van der Waals surface area contributed by atoms with E-state index in [0.29, 0.717) is 18.4 Å². The number of esters is 1. The fourth-order valence-corrected chi connectivity index (χ4v) is 1.99. The van der Waals surface area contributed by atoms with Crippen molar-refractivity contribution in [3.05, 3.63) is 12.2 Å². The van der Waals surface area contributed by atoms with Crippen LogP contribution in [0.3, 0.4) is 0 Å². The third-order valence-corrected chi connectivity index (χ3v) is 2.90. The van der Waals surface area contributed by atoms with Crippen molar-refractivity contribution < 1.29 is 32.8 Å². The Labute approximate surface area is 113 Å². The zero-order chi connectivity index (χ0) is 15.1. The number of ether oxygens (including phenoxy) is 1. The lowest BCUT2D eigenvalue weighted by atomic mass is 10.3. The van der Waals surface area contributed by atoms with Crippen molar-refractivity contribution in [1.29, 1.82) is 0 Å². The second-order valence-electron chi connectivity index (χ2n) is 4.87. The van der Waals surface area contributed by atoms with Gasteiger partial charge < -0.3 is 14.2 Å². The Bertz CT molecular complexity index is 363. The Morgan fingerprint density at radius 1 is 1.26 bits per heavy atom. The number of phosphoric ester groups is 1. The maximum absolute atomic E-state index is 11.3. The molecule has 112 valence electrons. The molecule has 0 N–H and O–H groups in total. The molecule has 0 fully saturated rings.